The Bertz CT molecular complexity index is 151. The minimum Gasteiger partial charge on any atom is -0.373 e. The molecule has 4 heteroatoms. The molecular formula is C6H11N3O. The highest BCUT2D eigenvalue weighted by Gasteiger charge is 1.81. The summed E-state index contributed by atoms with van der Waals surface area (Å²) in [6, 6.07) is 0. The molecule has 0 aromatic rings. The monoisotopic (exact) mass is 141 g/mol. The Morgan fingerprint density at radius 3 is 2.70 bits per heavy atom. The number of amidine groups is 1. The molecule has 0 fully saturated rings. The smallest absolute Gasteiger partial charge is 0.211 e. The van der Waals surface area contributed by atoms with Crippen LogP contribution < -0.4 is 10.6 Å². The average molecular weight is 141 g/mol. The molecule has 0 aromatic heterocycles. The van der Waals surface area contributed by atoms with Gasteiger partial charge in [0.25, 0.3) is 0 Å². The van der Waals surface area contributed by atoms with Gasteiger partial charge < -0.3 is 10.6 Å². The van der Waals surface area contributed by atoms with Crippen LogP contribution in [0.3, 0.4) is 0 Å². The Balaban J connectivity index is 3.73. The highest BCUT2D eigenvalue weighted by Crippen LogP contribution is 1.71. The topological polar surface area (TPSA) is 53.5 Å². The van der Waals surface area contributed by atoms with Gasteiger partial charge in [0.15, 0.2) is 0 Å². The molecule has 0 aromatic carbocycles. The van der Waals surface area contributed by atoms with Gasteiger partial charge in [0, 0.05) is 20.3 Å². The van der Waals surface area contributed by atoms with E-state index < -0.39 is 0 Å². The van der Waals surface area contributed by atoms with Crippen molar-refractivity contribution in [3.63, 3.8) is 0 Å². The number of carbonyl (C=O) groups is 1. The molecule has 0 aliphatic carbocycles. The molecular weight excluding hydrogens is 130 g/mol. The number of nitrogens with zero attached hydrogens (tertiary/aromatic N) is 1. The molecule has 56 valence electrons. The lowest BCUT2D eigenvalue weighted by Crippen LogP contribution is -2.16. The average Bonchev–Trinajstić information content (AvgIpc) is 1.99. The third kappa shape index (κ3) is 3.65. The molecule has 0 saturated heterocycles. The van der Waals surface area contributed by atoms with E-state index in [1.807, 2.05) is 0 Å². The second kappa shape index (κ2) is 5.81. The summed E-state index contributed by atoms with van der Waals surface area (Å²) in [5, 5.41) is 5.18. The van der Waals surface area contributed by atoms with Crippen molar-refractivity contribution in [3.05, 3.63) is 12.3 Å². The summed E-state index contributed by atoms with van der Waals surface area (Å²) in [7, 11) is 3.42. The number of carbonyl (C=O) groups excluding carboxylic acids is 1. The normalized spacial score (nSPS) is 11.6. The third-order valence-corrected chi connectivity index (χ3v) is 0.903. The van der Waals surface area contributed by atoms with E-state index >= 15 is 0 Å². The molecule has 0 rings (SSSR count). The maximum absolute atomic E-state index is 9.74. The van der Waals surface area contributed by atoms with Crippen LogP contribution >= 0.6 is 0 Å². The Labute approximate surface area is 60.0 Å². The zero-order chi connectivity index (χ0) is 7.82. The van der Waals surface area contributed by atoms with Crippen molar-refractivity contribution in [2.24, 2.45) is 4.99 Å². The van der Waals surface area contributed by atoms with Gasteiger partial charge >= 0.3 is 0 Å². The number of aliphatic imine (C=N–C) groups is 1. The van der Waals surface area contributed by atoms with E-state index in [2.05, 4.69) is 15.6 Å². The van der Waals surface area contributed by atoms with E-state index in [4.69, 9.17) is 0 Å². The van der Waals surface area contributed by atoms with Crippen molar-refractivity contribution in [1.29, 1.82) is 0 Å². The van der Waals surface area contributed by atoms with E-state index in [0.717, 1.165) is 0 Å². The number of amides is 1. The fraction of sp³-hybridized carbons (Fsp3) is 0.333. The zero-order valence-corrected chi connectivity index (χ0v) is 6.09. The lowest BCUT2D eigenvalue weighted by atomic mass is 10.5. The first-order chi connectivity index (χ1) is 4.85. The van der Waals surface area contributed by atoms with Gasteiger partial charge in [0.05, 0.1) is 0 Å². The standard InChI is InChI=1S/C6H11N3O/c1-7-6(8-2)3-4-9-5-10/h3-5H,1-2H3,(H,7,8)(H,9,10)/b4-3-. The first kappa shape index (κ1) is 8.68. The number of hydrogen-bond donors (Lipinski definition) is 2. The first-order valence-corrected chi connectivity index (χ1v) is 2.86. The molecule has 4 nitrogen and oxygen atoms in total. The van der Waals surface area contributed by atoms with Gasteiger partial charge in [-0.1, -0.05) is 0 Å². The quantitative estimate of drug-likeness (QED) is 0.316. The first-order valence-electron chi connectivity index (χ1n) is 2.86. The second-order valence-electron chi connectivity index (χ2n) is 1.48. The molecule has 1 amide bonds. The lowest BCUT2D eigenvalue weighted by Gasteiger charge is -1.94. The molecule has 0 saturated carbocycles. The Morgan fingerprint density at radius 2 is 2.30 bits per heavy atom. The van der Waals surface area contributed by atoms with Gasteiger partial charge in [-0.05, 0) is 6.08 Å². The van der Waals surface area contributed by atoms with Crippen LogP contribution in [0.1, 0.15) is 0 Å². The van der Waals surface area contributed by atoms with Crippen molar-refractivity contribution in [3.8, 4) is 0 Å². The van der Waals surface area contributed by atoms with Crippen molar-refractivity contribution >= 4 is 12.2 Å². The maximum atomic E-state index is 9.74. The summed E-state index contributed by atoms with van der Waals surface area (Å²) < 4.78 is 0. The Hall–Kier alpha value is -1.32. The molecule has 0 spiro atoms. The van der Waals surface area contributed by atoms with Gasteiger partial charge in [-0.15, -0.1) is 0 Å². The summed E-state index contributed by atoms with van der Waals surface area (Å²) in [4.78, 5) is 13.6. The molecule has 0 aliphatic rings. The molecule has 0 unspecified atom stereocenters. The predicted molar refractivity (Wildman–Crippen MR) is 40.8 cm³/mol. The van der Waals surface area contributed by atoms with Gasteiger partial charge in [-0.2, -0.15) is 0 Å². The number of likely N-dealkylation sites (N-methyl/N-ethyl adjacent to an activating group) is 1. The van der Waals surface area contributed by atoms with Crippen LogP contribution in [0, 0.1) is 0 Å². The van der Waals surface area contributed by atoms with Crippen LogP contribution in [0.25, 0.3) is 0 Å². The van der Waals surface area contributed by atoms with Gasteiger partial charge in [0.2, 0.25) is 6.41 Å². The second-order valence-corrected chi connectivity index (χ2v) is 1.48. The largest absolute Gasteiger partial charge is 0.373 e. The molecule has 0 heterocycles. The Morgan fingerprint density at radius 1 is 1.60 bits per heavy atom. The molecule has 2 N–H and O–H groups in total. The van der Waals surface area contributed by atoms with E-state index in [1.54, 1.807) is 20.2 Å². The van der Waals surface area contributed by atoms with E-state index in [1.165, 1.54) is 6.20 Å². The zero-order valence-electron chi connectivity index (χ0n) is 6.09. The summed E-state index contributed by atoms with van der Waals surface area (Å²) in [6.07, 6.45) is 3.76. The van der Waals surface area contributed by atoms with Crippen LogP contribution in [0.5, 0.6) is 0 Å². The van der Waals surface area contributed by atoms with Crippen LogP contribution in [0.4, 0.5) is 0 Å². The van der Waals surface area contributed by atoms with Crippen molar-refractivity contribution < 1.29 is 4.79 Å². The minimum atomic E-state index is 0.597. The predicted octanol–water partition coefficient (Wildman–Crippen LogP) is -0.506. The molecule has 10 heavy (non-hydrogen) atoms. The molecule has 0 atom stereocenters. The summed E-state index contributed by atoms with van der Waals surface area (Å²) >= 11 is 0. The third-order valence-electron chi connectivity index (χ3n) is 0.903. The number of rotatable bonds is 3. The van der Waals surface area contributed by atoms with Gasteiger partial charge in [0.1, 0.15) is 5.84 Å². The minimum absolute atomic E-state index is 0.597. The summed E-state index contributed by atoms with van der Waals surface area (Å²) in [6.45, 7) is 0. The molecule has 0 bridgehead atoms. The van der Waals surface area contributed by atoms with E-state index in [9.17, 15) is 4.79 Å². The highest BCUT2D eigenvalue weighted by molar-refractivity contribution is 5.92. The molecule has 0 aliphatic heterocycles. The lowest BCUT2D eigenvalue weighted by molar-refractivity contribution is -0.108. The number of nitrogens with one attached hydrogen (secondary N) is 2. The SMILES string of the molecule is CN=C(/C=C\NC=O)NC. The fourth-order valence-corrected chi connectivity index (χ4v) is 0.436. The summed E-state index contributed by atoms with van der Waals surface area (Å²) in [5.41, 5.74) is 0. The van der Waals surface area contributed by atoms with Crippen LogP contribution in [0.2, 0.25) is 0 Å². The van der Waals surface area contributed by atoms with E-state index in [-0.39, 0.29) is 0 Å². The van der Waals surface area contributed by atoms with Gasteiger partial charge in [-0.25, -0.2) is 0 Å². The van der Waals surface area contributed by atoms with E-state index in [0.29, 0.717) is 12.2 Å². The van der Waals surface area contributed by atoms with Crippen LogP contribution in [-0.2, 0) is 4.79 Å². The summed E-state index contributed by atoms with van der Waals surface area (Å²) in [5.74, 6) is 0.717. The fourth-order valence-electron chi connectivity index (χ4n) is 0.436. The van der Waals surface area contributed by atoms with Crippen LogP contribution in [0.15, 0.2) is 17.3 Å². The van der Waals surface area contributed by atoms with Crippen molar-refractivity contribution in [2.45, 2.75) is 0 Å². The van der Waals surface area contributed by atoms with Crippen molar-refractivity contribution in [2.75, 3.05) is 14.1 Å². The maximum Gasteiger partial charge on any atom is 0.211 e. The van der Waals surface area contributed by atoms with Crippen molar-refractivity contribution in [1.82, 2.24) is 10.6 Å². The van der Waals surface area contributed by atoms with Gasteiger partial charge in [-0.3, -0.25) is 9.79 Å². The highest BCUT2D eigenvalue weighted by atomic mass is 16.1. The molecule has 0 radical (unpaired) electrons. The Kier molecular flexibility index (Phi) is 5.04. The van der Waals surface area contributed by atoms with Crippen LogP contribution in [-0.4, -0.2) is 26.3 Å². The number of hydrogen-bond acceptors (Lipinski definition) is 2.